The average molecular weight is 352 g/mol. The number of nitrogens with zero attached hydrogens (tertiary/aromatic N) is 4. The van der Waals surface area contributed by atoms with Gasteiger partial charge in [-0.25, -0.2) is 0 Å². The van der Waals surface area contributed by atoms with Gasteiger partial charge in [-0.2, -0.15) is 0 Å². The smallest absolute Gasteiger partial charge is 0.349 e. The lowest BCUT2D eigenvalue weighted by atomic mass is 9.67. The summed E-state index contributed by atoms with van der Waals surface area (Å²) in [6, 6.07) is 5.58. The molecule has 0 aliphatic heterocycles. The van der Waals surface area contributed by atoms with E-state index in [9.17, 15) is 35.3 Å². The third-order valence-electron chi connectivity index (χ3n) is 4.44. The van der Waals surface area contributed by atoms with E-state index in [-0.39, 0.29) is 11.1 Å². The van der Waals surface area contributed by atoms with Gasteiger partial charge in [-0.15, -0.1) is 4.91 Å². The molecule has 0 amide bonds. The van der Waals surface area contributed by atoms with Crippen molar-refractivity contribution in [3.8, 4) is 0 Å². The van der Waals surface area contributed by atoms with E-state index in [1.807, 2.05) is 0 Å². The van der Waals surface area contributed by atoms with E-state index in [2.05, 4.69) is 5.34 Å². The molecule has 1 aromatic rings. The van der Waals surface area contributed by atoms with Crippen LogP contribution in [0.15, 0.2) is 41.8 Å². The molecule has 0 bridgehead atoms. The quantitative estimate of drug-likeness (QED) is 0.246. The molecule has 2 rings (SSSR count). The van der Waals surface area contributed by atoms with Gasteiger partial charge in [0.2, 0.25) is 5.41 Å². The highest BCUT2D eigenvalue weighted by atomic mass is 16.7. The summed E-state index contributed by atoms with van der Waals surface area (Å²) in [5, 5.41) is 36.8. The molecule has 0 aromatic heterocycles. The zero-order valence-corrected chi connectivity index (χ0v) is 13.0. The summed E-state index contributed by atoms with van der Waals surface area (Å²) in [4.78, 5) is 45.2. The zero-order chi connectivity index (χ0) is 19.0. The minimum Gasteiger partial charge on any atom is -0.349 e. The molecule has 0 N–H and O–H groups in total. The fourth-order valence-corrected chi connectivity index (χ4v) is 3.09. The standard InChI is InChI=1S/C13H12N4O8/c1-11(13(15(19)20,16(21)22)17(23)24)7-8-12(2,25-14-18)10-6-4-3-5-9(10)11/h3-8H,1-2H3. The number of fused-ring (bicyclic) bond motifs is 1. The number of hydrogen-bond acceptors (Lipinski definition) is 9. The first kappa shape index (κ1) is 17.9. The summed E-state index contributed by atoms with van der Waals surface area (Å²) < 4.78 is 0. The van der Waals surface area contributed by atoms with Crippen molar-refractivity contribution < 1.29 is 19.6 Å². The van der Waals surface area contributed by atoms with E-state index in [1.54, 1.807) is 0 Å². The molecule has 25 heavy (non-hydrogen) atoms. The third kappa shape index (κ3) is 2.14. The maximum Gasteiger partial charge on any atom is 0.712 e. The van der Waals surface area contributed by atoms with Crippen molar-refractivity contribution >= 4 is 0 Å². The van der Waals surface area contributed by atoms with Crippen molar-refractivity contribution in [2.75, 3.05) is 0 Å². The molecule has 0 saturated heterocycles. The van der Waals surface area contributed by atoms with Gasteiger partial charge < -0.3 is 4.84 Å². The maximum absolute atomic E-state index is 11.5. The molecule has 2 atom stereocenters. The van der Waals surface area contributed by atoms with Crippen molar-refractivity contribution in [3.63, 3.8) is 0 Å². The summed E-state index contributed by atoms with van der Waals surface area (Å²) in [5.74, 6) is -3.77. The monoisotopic (exact) mass is 352 g/mol. The van der Waals surface area contributed by atoms with Crippen molar-refractivity contribution in [1.82, 2.24) is 0 Å². The van der Waals surface area contributed by atoms with Gasteiger partial charge in [0.25, 0.3) is 0 Å². The number of nitro groups is 3. The van der Waals surface area contributed by atoms with Crippen LogP contribution in [0, 0.1) is 35.3 Å². The molecule has 0 heterocycles. The minimum absolute atomic E-state index is 0.0891. The lowest BCUT2D eigenvalue weighted by molar-refractivity contribution is -0.978. The van der Waals surface area contributed by atoms with Crippen molar-refractivity contribution in [1.29, 1.82) is 0 Å². The SMILES string of the molecule is CC1(ON=O)C=CC(C)(C([N+](=O)[O-])([N+](=O)[O-])[N+](=O)[O-])c2ccccc21. The normalized spacial score (nSPS) is 24.9. The number of hydrogen-bond donors (Lipinski definition) is 0. The molecule has 1 aliphatic rings. The number of benzene rings is 1. The van der Waals surface area contributed by atoms with Crippen LogP contribution in [0.5, 0.6) is 0 Å². The second-order valence-corrected chi connectivity index (χ2v) is 5.76. The van der Waals surface area contributed by atoms with Gasteiger partial charge in [0.1, 0.15) is 0 Å². The third-order valence-corrected chi connectivity index (χ3v) is 4.44. The Hall–Kier alpha value is -3.44. The topological polar surface area (TPSA) is 168 Å². The molecular weight excluding hydrogens is 340 g/mol. The molecule has 12 heteroatoms. The van der Waals surface area contributed by atoms with Crippen LogP contribution in [0.1, 0.15) is 25.0 Å². The highest BCUT2D eigenvalue weighted by Crippen LogP contribution is 2.48. The van der Waals surface area contributed by atoms with Crippen LogP contribution in [0.25, 0.3) is 0 Å². The fourth-order valence-electron chi connectivity index (χ4n) is 3.09. The zero-order valence-electron chi connectivity index (χ0n) is 13.0. The Balaban J connectivity index is 2.90. The Morgan fingerprint density at radius 2 is 1.44 bits per heavy atom. The van der Waals surface area contributed by atoms with Crippen LogP contribution in [0.4, 0.5) is 0 Å². The molecule has 0 spiro atoms. The summed E-state index contributed by atoms with van der Waals surface area (Å²) in [6.07, 6.45) is 2.05. The molecule has 0 radical (unpaired) electrons. The summed E-state index contributed by atoms with van der Waals surface area (Å²) in [6.45, 7) is 2.42. The van der Waals surface area contributed by atoms with E-state index in [0.29, 0.717) is 0 Å². The molecule has 2 unspecified atom stereocenters. The Bertz CT molecular complexity index is 773. The van der Waals surface area contributed by atoms with E-state index < -0.39 is 31.6 Å². The minimum atomic E-state index is -3.77. The van der Waals surface area contributed by atoms with Crippen molar-refractivity contribution in [2.45, 2.75) is 30.7 Å². The van der Waals surface area contributed by atoms with Crippen molar-refractivity contribution in [3.05, 3.63) is 82.8 Å². The van der Waals surface area contributed by atoms with Gasteiger partial charge in [0.05, 0.1) is 0 Å². The van der Waals surface area contributed by atoms with Gasteiger partial charge in [0.15, 0.2) is 25.7 Å². The van der Waals surface area contributed by atoms with Crippen LogP contribution in [0.2, 0.25) is 0 Å². The first-order valence-electron chi connectivity index (χ1n) is 6.82. The van der Waals surface area contributed by atoms with E-state index in [1.165, 1.54) is 31.2 Å². The van der Waals surface area contributed by atoms with Gasteiger partial charge in [-0.1, -0.05) is 30.3 Å². The first-order valence-corrected chi connectivity index (χ1v) is 6.82. The second kappa shape index (κ2) is 5.58. The van der Waals surface area contributed by atoms with Crippen molar-refractivity contribution in [2.24, 2.45) is 5.34 Å². The largest absolute Gasteiger partial charge is 0.712 e. The Morgan fingerprint density at radius 1 is 0.960 bits per heavy atom. The lowest BCUT2D eigenvalue weighted by Gasteiger charge is -2.36. The predicted octanol–water partition coefficient (Wildman–Crippen LogP) is 1.91. The summed E-state index contributed by atoms with van der Waals surface area (Å²) >= 11 is 0. The highest BCUT2D eigenvalue weighted by Gasteiger charge is 2.83. The second-order valence-electron chi connectivity index (χ2n) is 5.76. The maximum atomic E-state index is 11.5. The molecule has 1 aromatic carbocycles. The molecular formula is C13H12N4O8. The molecule has 0 fully saturated rings. The van der Waals surface area contributed by atoms with Crippen LogP contribution < -0.4 is 0 Å². The Kier molecular flexibility index (Phi) is 3.99. The summed E-state index contributed by atoms with van der Waals surface area (Å²) in [7, 11) is 0. The molecule has 1 aliphatic carbocycles. The lowest BCUT2D eigenvalue weighted by Crippen LogP contribution is -2.66. The van der Waals surface area contributed by atoms with Crippen LogP contribution in [-0.4, -0.2) is 20.6 Å². The van der Waals surface area contributed by atoms with Gasteiger partial charge in [-0.3, -0.25) is 30.3 Å². The van der Waals surface area contributed by atoms with Crippen LogP contribution in [0.3, 0.4) is 0 Å². The Morgan fingerprint density at radius 3 is 1.88 bits per heavy atom. The van der Waals surface area contributed by atoms with E-state index in [0.717, 1.165) is 19.1 Å². The highest BCUT2D eigenvalue weighted by molar-refractivity contribution is 5.48. The van der Waals surface area contributed by atoms with Gasteiger partial charge in [-0.05, 0) is 25.5 Å². The fraction of sp³-hybridized carbons (Fsp3) is 0.385. The molecule has 0 saturated carbocycles. The molecule has 132 valence electrons. The van der Waals surface area contributed by atoms with Crippen LogP contribution in [-0.2, 0) is 15.9 Å². The average Bonchev–Trinajstić information content (AvgIpc) is 2.52. The van der Waals surface area contributed by atoms with Crippen LogP contribution >= 0.6 is 0 Å². The van der Waals surface area contributed by atoms with E-state index in [4.69, 9.17) is 4.84 Å². The number of rotatable bonds is 6. The summed E-state index contributed by atoms with van der Waals surface area (Å²) in [5.41, 5.74) is -3.71. The van der Waals surface area contributed by atoms with Gasteiger partial charge in [0, 0.05) is 5.56 Å². The Labute approximate surface area is 139 Å². The van der Waals surface area contributed by atoms with Gasteiger partial charge >= 0.3 is 5.79 Å². The first-order chi connectivity index (χ1) is 11.6. The predicted molar refractivity (Wildman–Crippen MR) is 80.9 cm³/mol. The van der Waals surface area contributed by atoms with E-state index >= 15 is 0 Å². The molecule has 12 nitrogen and oxygen atoms in total.